The SMILES string of the molecule is COc1ccc(C2CCCN2C(=O)c2cc(N)c[nH]2)cc1. The third-order valence-electron chi connectivity index (χ3n) is 3.95. The lowest BCUT2D eigenvalue weighted by molar-refractivity contribution is 0.0730. The van der Waals surface area contributed by atoms with Gasteiger partial charge in [0.05, 0.1) is 13.2 Å². The number of amides is 1. The maximum atomic E-state index is 12.6. The number of nitrogens with zero attached hydrogens (tertiary/aromatic N) is 1. The average Bonchev–Trinajstić information content (AvgIpc) is 3.15. The van der Waals surface area contributed by atoms with Gasteiger partial charge in [0.15, 0.2) is 0 Å². The van der Waals surface area contributed by atoms with Gasteiger partial charge >= 0.3 is 0 Å². The number of anilines is 1. The van der Waals surface area contributed by atoms with Crippen molar-refractivity contribution in [3.8, 4) is 5.75 Å². The van der Waals surface area contributed by atoms with Gasteiger partial charge in [0.1, 0.15) is 11.4 Å². The van der Waals surface area contributed by atoms with Crippen molar-refractivity contribution in [2.75, 3.05) is 19.4 Å². The fourth-order valence-corrected chi connectivity index (χ4v) is 2.87. The summed E-state index contributed by atoms with van der Waals surface area (Å²) in [5, 5.41) is 0. The van der Waals surface area contributed by atoms with E-state index < -0.39 is 0 Å². The molecule has 1 atom stereocenters. The second-order valence-corrected chi connectivity index (χ2v) is 5.28. The average molecular weight is 285 g/mol. The summed E-state index contributed by atoms with van der Waals surface area (Å²) in [5.74, 6) is 0.830. The summed E-state index contributed by atoms with van der Waals surface area (Å²) >= 11 is 0. The van der Waals surface area contributed by atoms with Crippen molar-refractivity contribution in [1.29, 1.82) is 0 Å². The van der Waals surface area contributed by atoms with Crippen molar-refractivity contribution in [2.24, 2.45) is 0 Å². The van der Waals surface area contributed by atoms with E-state index in [1.807, 2.05) is 29.2 Å². The number of ether oxygens (including phenoxy) is 1. The molecular weight excluding hydrogens is 266 g/mol. The molecule has 1 amide bonds. The zero-order valence-corrected chi connectivity index (χ0v) is 12.0. The molecule has 1 aliphatic rings. The summed E-state index contributed by atoms with van der Waals surface area (Å²) < 4.78 is 5.18. The minimum absolute atomic E-state index is 0.00465. The van der Waals surface area contributed by atoms with E-state index in [1.54, 1.807) is 19.4 Å². The van der Waals surface area contributed by atoms with E-state index in [9.17, 15) is 4.79 Å². The number of aromatic amines is 1. The number of nitrogens with one attached hydrogen (secondary N) is 1. The number of likely N-dealkylation sites (tertiary alicyclic amines) is 1. The number of benzene rings is 1. The number of nitrogen functional groups attached to an aromatic ring is 1. The maximum absolute atomic E-state index is 12.6. The Balaban J connectivity index is 1.83. The highest BCUT2D eigenvalue weighted by molar-refractivity contribution is 5.93. The zero-order valence-electron chi connectivity index (χ0n) is 12.0. The molecule has 1 aromatic heterocycles. The van der Waals surface area contributed by atoms with Crippen LogP contribution < -0.4 is 10.5 Å². The van der Waals surface area contributed by atoms with Crippen LogP contribution in [0.1, 0.15) is 34.9 Å². The molecule has 1 unspecified atom stereocenters. The Morgan fingerprint density at radius 1 is 1.38 bits per heavy atom. The molecular formula is C16H19N3O2. The predicted octanol–water partition coefficient (Wildman–Crippen LogP) is 2.58. The Morgan fingerprint density at radius 3 is 2.76 bits per heavy atom. The van der Waals surface area contributed by atoms with E-state index in [0.29, 0.717) is 11.4 Å². The molecule has 1 saturated heterocycles. The lowest BCUT2D eigenvalue weighted by atomic mass is 10.0. The molecule has 3 N–H and O–H groups in total. The molecule has 110 valence electrons. The Labute approximate surface area is 123 Å². The largest absolute Gasteiger partial charge is 0.497 e. The molecule has 21 heavy (non-hydrogen) atoms. The first kappa shape index (κ1) is 13.5. The number of H-pyrrole nitrogens is 1. The van der Waals surface area contributed by atoms with E-state index in [-0.39, 0.29) is 11.9 Å². The van der Waals surface area contributed by atoms with Gasteiger partial charge in [-0.15, -0.1) is 0 Å². The molecule has 2 aromatic rings. The fraction of sp³-hybridized carbons (Fsp3) is 0.312. The van der Waals surface area contributed by atoms with Crippen molar-refractivity contribution in [3.05, 3.63) is 47.8 Å². The summed E-state index contributed by atoms with van der Waals surface area (Å²) in [5.41, 5.74) is 7.95. The predicted molar refractivity (Wildman–Crippen MR) is 81.2 cm³/mol. The van der Waals surface area contributed by atoms with Gasteiger partial charge in [-0.3, -0.25) is 4.79 Å². The summed E-state index contributed by atoms with van der Waals surface area (Å²) in [6, 6.07) is 9.72. The topological polar surface area (TPSA) is 71.3 Å². The molecule has 5 nitrogen and oxygen atoms in total. The number of rotatable bonds is 3. The van der Waals surface area contributed by atoms with Gasteiger partial charge in [-0.05, 0) is 36.6 Å². The Kier molecular flexibility index (Phi) is 3.56. The Hall–Kier alpha value is -2.43. The lowest BCUT2D eigenvalue weighted by Gasteiger charge is -2.24. The summed E-state index contributed by atoms with van der Waals surface area (Å²) in [6.45, 7) is 0.772. The molecule has 5 heteroatoms. The van der Waals surface area contributed by atoms with Crippen molar-refractivity contribution >= 4 is 11.6 Å². The molecule has 1 aliphatic heterocycles. The maximum Gasteiger partial charge on any atom is 0.270 e. The second-order valence-electron chi connectivity index (χ2n) is 5.28. The molecule has 2 heterocycles. The number of nitrogens with two attached hydrogens (primary N) is 1. The molecule has 0 aliphatic carbocycles. The van der Waals surface area contributed by atoms with Crippen LogP contribution in [-0.2, 0) is 0 Å². The van der Waals surface area contributed by atoms with Crippen molar-refractivity contribution in [1.82, 2.24) is 9.88 Å². The molecule has 1 fully saturated rings. The minimum Gasteiger partial charge on any atom is -0.497 e. The summed E-state index contributed by atoms with van der Waals surface area (Å²) in [7, 11) is 1.65. The highest BCUT2D eigenvalue weighted by atomic mass is 16.5. The van der Waals surface area contributed by atoms with Crippen LogP contribution >= 0.6 is 0 Å². The monoisotopic (exact) mass is 285 g/mol. The Morgan fingerprint density at radius 2 is 2.14 bits per heavy atom. The lowest BCUT2D eigenvalue weighted by Crippen LogP contribution is -2.30. The third kappa shape index (κ3) is 2.59. The first-order chi connectivity index (χ1) is 10.2. The number of methoxy groups -OCH3 is 1. The van der Waals surface area contributed by atoms with Gasteiger partial charge in [-0.2, -0.15) is 0 Å². The zero-order chi connectivity index (χ0) is 14.8. The van der Waals surface area contributed by atoms with Crippen LogP contribution in [0.3, 0.4) is 0 Å². The van der Waals surface area contributed by atoms with Crippen LogP contribution in [0.5, 0.6) is 5.75 Å². The summed E-state index contributed by atoms with van der Waals surface area (Å²) in [6.07, 6.45) is 3.64. The van der Waals surface area contributed by atoms with Crippen molar-refractivity contribution in [3.63, 3.8) is 0 Å². The number of hydrogen-bond donors (Lipinski definition) is 2. The molecule has 0 saturated carbocycles. The summed E-state index contributed by atoms with van der Waals surface area (Å²) in [4.78, 5) is 17.4. The van der Waals surface area contributed by atoms with Gasteiger partial charge in [0, 0.05) is 18.4 Å². The van der Waals surface area contributed by atoms with Gasteiger partial charge in [-0.1, -0.05) is 12.1 Å². The minimum atomic E-state index is 0.00465. The highest BCUT2D eigenvalue weighted by Crippen LogP contribution is 2.33. The molecule has 0 spiro atoms. The Bertz CT molecular complexity index is 633. The van der Waals surface area contributed by atoms with E-state index in [0.717, 1.165) is 30.7 Å². The fourth-order valence-electron chi connectivity index (χ4n) is 2.87. The third-order valence-corrected chi connectivity index (χ3v) is 3.95. The number of hydrogen-bond acceptors (Lipinski definition) is 3. The van der Waals surface area contributed by atoms with Crippen LogP contribution in [0.4, 0.5) is 5.69 Å². The quantitative estimate of drug-likeness (QED) is 0.910. The smallest absolute Gasteiger partial charge is 0.270 e. The van der Waals surface area contributed by atoms with Crippen LogP contribution in [-0.4, -0.2) is 29.4 Å². The number of carbonyl (C=O) groups excluding carboxylic acids is 1. The first-order valence-corrected chi connectivity index (χ1v) is 7.08. The number of aromatic nitrogens is 1. The van der Waals surface area contributed by atoms with Gasteiger partial charge in [-0.25, -0.2) is 0 Å². The van der Waals surface area contributed by atoms with Gasteiger partial charge in [0.2, 0.25) is 0 Å². The van der Waals surface area contributed by atoms with Crippen molar-refractivity contribution < 1.29 is 9.53 Å². The molecule has 0 radical (unpaired) electrons. The highest BCUT2D eigenvalue weighted by Gasteiger charge is 2.31. The van der Waals surface area contributed by atoms with Crippen LogP contribution in [0.15, 0.2) is 36.5 Å². The van der Waals surface area contributed by atoms with E-state index in [1.165, 1.54) is 0 Å². The van der Waals surface area contributed by atoms with E-state index >= 15 is 0 Å². The van der Waals surface area contributed by atoms with Crippen LogP contribution in [0, 0.1) is 0 Å². The van der Waals surface area contributed by atoms with Crippen LogP contribution in [0.2, 0.25) is 0 Å². The van der Waals surface area contributed by atoms with Crippen LogP contribution in [0.25, 0.3) is 0 Å². The van der Waals surface area contributed by atoms with E-state index in [2.05, 4.69) is 4.98 Å². The first-order valence-electron chi connectivity index (χ1n) is 7.08. The standard InChI is InChI=1S/C16H19N3O2/c1-21-13-6-4-11(5-7-13)15-3-2-8-19(15)16(20)14-9-12(17)10-18-14/h4-7,9-10,15,18H,2-3,8,17H2,1H3. The van der Waals surface area contributed by atoms with Crippen molar-refractivity contribution in [2.45, 2.75) is 18.9 Å². The molecule has 1 aromatic carbocycles. The number of carbonyl (C=O) groups is 1. The van der Waals surface area contributed by atoms with Gasteiger partial charge < -0.3 is 20.4 Å². The van der Waals surface area contributed by atoms with Gasteiger partial charge in [0.25, 0.3) is 5.91 Å². The normalized spacial score (nSPS) is 18.0. The van der Waals surface area contributed by atoms with E-state index in [4.69, 9.17) is 10.5 Å². The molecule has 0 bridgehead atoms. The second kappa shape index (κ2) is 5.52. The molecule has 3 rings (SSSR count).